The smallest absolute Gasteiger partial charge is 0.429 e. The highest BCUT2D eigenvalue weighted by Crippen LogP contribution is 1.13. The molecule has 6 heteroatoms. The van der Waals surface area contributed by atoms with E-state index in [0.29, 0.717) is 0 Å². The summed E-state index contributed by atoms with van der Waals surface area (Å²) in [6.45, 7) is 0. The summed E-state index contributed by atoms with van der Waals surface area (Å²) in [6.07, 6.45) is 0. The zero-order chi connectivity index (χ0) is 6.28. The first kappa shape index (κ1) is 9.54. The molecule has 0 heterocycles. The van der Waals surface area contributed by atoms with Gasteiger partial charge in [-0.05, 0) is 0 Å². The first-order chi connectivity index (χ1) is 3.15. The largest absolute Gasteiger partial charge is 0.482 e. The van der Waals surface area contributed by atoms with E-state index in [9.17, 15) is 0 Å². The highest BCUT2D eigenvalue weighted by molar-refractivity contribution is 6.13. The predicted molar refractivity (Wildman–Crippen MR) is 26.3 cm³/mol. The molecule has 1 radical (unpaired) electrons. The topological polar surface area (TPSA) is 116 Å². The molecule has 0 aliphatic heterocycles. The molecule has 0 bridgehead atoms. The second-order valence-corrected chi connectivity index (χ2v) is 0.571. The molecule has 0 aromatic rings. The minimum atomic E-state index is -0.333. The maximum Gasteiger partial charge on any atom is 0.482 e. The minimum absolute atomic E-state index is 0. The lowest BCUT2D eigenvalue weighted by molar-refractivity contribution is 0.448. The Morgan fingerprint density at radius 2 is 1.43 bits per heavy atom. The van der Waals surface area contributed by atoms with Crippen LogP contribution >= 0.6 is 0 Å². The molecule has 0 saturated heterocycles. The predicted octanol–water partition coefficient (Wildman–Crippen LogP) is -2.66. The summed E-state index contributed by atoms with van der Waals surface area (Å²) in [6, 6.07) is 0. The average molecular weight is 104 g/mol. The molecule has 5 nitrogen and oxygen atoms in total. The average Bonchev–Trinajstić information content (AvgIpc) is 1.33. The zero-order valence-corrected chi connectivity index (χ0v) is 3.63. The molecular weight excluding hydrogens is 96.8 g/mol. The maximum atomic E-state index is 7.00. The molecule has 0 fully saturated rings. The second-order valence-electron chi connectivity index (χ2n) is 0.571. The summed E-state index contributed by atoms with van der Waals surface area (Å²) in [5.41, 5.74) is 8.94. The Labute approximate surface area is 41.8 Å². The van der Waals surface area contributed by atoms with Gasteiger partial charge in [0.15, 0.2) is 5.96 Å². The van der Waals surface area contributed by atoms with Crippen molar-refractivity contribution in [3.05, 3.63) is 0 Å². The van der Waals surface area contributed by atoms with Gasteiger partial charge >= 0.3 is 7.69 Å². The van der Waals surface area contributed by atoms with Crippen LogP contribution in [-0.4, -0.2) is 23.7 Å². The molecule has 41 valence electrons. The first-order valence-corrected chi connectivity index (χ1v) is 1.34. The molecular formula is CH7BN3O2. The number of hydrogen-bond donors (Lipinski definition) is 5. The van der Waals surface area contributed by atoms with Crippen molar-refractivity contribution < 1.29 is 10.0 Å². The van der Waals surface area contributed by atoms with Crippen molar-refractivity contribution in [3.8, 4) is 0 Å². The van der Waals surface area contributed by atoms with Crippen molar-refractivity contribution in [2.75, 3.05) is 0 Å². The van der Waals surface area contributed by atoms with Crippen LogP contribution in [0.3, 0.4) is 0 Å². The van der Waals surface area contributed by atoms with E-state index in [2.05, 4.69) is 11.5 Å². The van der Waals surface area contributed by atoms with Gasteiger partial charge in [0, 0.05) is 0 Å². The Morgan fingerprint density at radius 1 is 1.43 bits per heavy atom. The zero-order valence-electron chi connectivity index (χ0n) is 3.63. The molecule has 0 aliphatic rings. The fourth-order valence-electron chi connectivity index (χ4n) is 0. The van der Waals surface area contributed by atoms with E-state index in [1.165, 1.54) is 0 Å². The van der Waals surface area contributed by atoms with Gasteiger partial charge in [0.2, 0.25) is 0 Å². The van der Waals surface area contributed by atoms with Gasteiger partial charge < -0.3 is 21.5 Å². The maximum absolute atomic E-state index is 7.00. The van der Waals surface area contributed by atoms with Crippen LogP contribution < -0.4 is 11.5 Å². The highest BCUT2D eigenvalue weighted by Gasteiger charge is 1.52. The Hall–Kier alpha value is -0.745. The van der Waals surface area contributed by atoms with E-state index in [1.54, 1.807) is 0 Å². The lowest BCUT2D eigenvalue weighted by atomic mass is 10.5. The van der Waals surface area contributed by atoms with Gasteiger partial charge in [-0.3, -0.25) is 5.41 Å². The van der Waals surface area contributed by atoms with Gasteiger partial charge in [0.1, 0.15) is 0 Å². The normalized spacial score (nSPS) is 5.43. The highest BCUT2D eigenvalue weighted by atomic mass is 16.4. The molecule has 0 amide bonds. The third kappa shape index (κ3) is 100. The molecule has 7 heavy (non-hydrogen) atoms. The van der Waals surface area contributed by atoms with Gasteiger partial charge in [-0.25, -0.2) is 0 Å². The summed E-state index contributed by atoms with van der Waals surface area (Å²) >= 11 is 0. The summed E-state index contributed by atoms with van der Waals surface area (Å²) in [4.78, 5) is 0. The van der Waals surface area contributed by atoms with Crippen LogP contribution in [0.1, 0.15) is 0 Å². The molecule has 0 rings (SSSR count). The van der Waals surface area contributed by atoms with Crippen molar-refractivity contribution in [1.29, 1.82) is 5.41 Å². The fourth-order valence-corrected chi connectivity index (χ4v) is 0. The number of nitrogens with two attached hydrogens (primary N) is 2. The Balaban J connectivity index is 0. The van der Waals surface area contributed by atoms with Crippen molar-refractivity contribution in [3.63, 3.8) is 0 Å². The van der Waals surface area contributed by atoms with Crippen molar-refractivity contribution in [1.82, 2.24) is 0 Å². The summed E-state index contributed by atoms with van der Waals surface area (Å²) < 4.78 is 0. The molecule has 0 spiro atoms. The van der Waals surface area contributed by atoms with Crippen LogP contribution in [0.25, 0.3) is 0 Å². The SMILES string of the molecule is N=C(N)N.O[B]O. The number of guanidine groups is 1. The van der Waals surface area contributed by atoms with Crippen molar-refractivity contribution >= 4 is 13.6 Å². The lowest BCUT2D eigenvalue weighted by Crippen LogP contribution is -2.20. The van der Waals surface area contributed by atoms with Gasteiger partial charge in [0.25, 0.3) is 0 Å². The first-order valence-electron chi connectivity index (χ1n) is 1.34. The van der Waals surface area contributed by atoms with Gasteiger partial charge in [-0.2, -0.15) is 0 Å². The second kappa shape index (κ2) is 8.98. The quantitative estimate of drug-likeness (QED) is 0.131. The summed E-state index contributed by atoms with van der Waals surface area (Å²) in [5.74, 6) is -0.333. The summed E-state index contributed by atoms with van der Waals surface area (Å²) in [7, 11) is 0. The lowest BCUT2D eigenvalue weighted by Gasteiger charge is -1.69. The molecule has 0 atom stereocenters. The van der Waals surface area contributed by atoms with E-state index in [-0.39, 0.29) is 13.6 Å². The Morgan fingerprint density at radius 3 is 1.43 bits per heavy atom. The Kier molecular flexibility index (Phi) is 12.2. The standard InChI is InChI=1S/CH5N3.BH2O2/c2-1(3)4;2-1-3/h(H5,2,3,4);2-3H. The molecule has 0 aliphatic carbocycles. The number of rotatable bonds is 0. The molecule has 7 N–H and O–H groups in total. The minimum Gasteiger partial charge on any atom is -0.429 e. The van der Waals surface area contributed by atoms with Gasteiger partial charge in [0.05, 0.1) is 0 Å². The van der Waals surface area contributed by atoms with E-state index < -0.39 is 0 Å². The van der Waals surface area contributed by atoms with Crippen LogP contribution in [0.2, 0.25) is 0 Å². The molecule has 0 aromatic heterocycles. The van der Waals surface area contributed by atoms with Crippen molar-refractivity contribution in [2.24, 2.45) is 11.5 Å². The van der Waals surface area contributed by atoms with Crippen LogP contribution in [0.4, 0.5) is 0 Å². The monoisotopic (exact) mass is 104 g/mol. The van der Waals surface area contributed by atoms with Gasteiger partial charge in [-0.15, -0.1) is 0 Å². The van der Waals surface area contributed by atoms with Gasteiger partial charge in [-0.1, -0.05) is 0 Å². The van der Waals surface area contributed by atoms with Crippen LogP contribution in [0, 0.1) is 5.41 Å². The molecule has 0 saturated carbocycles. The Bertz CT molecular complexity index is 44.2. The molecule has 0 aromatic carbocycles. The van der Waals surface area contributed by atoms with E-state index in [0.717, 1.165) is 0 Å². The van der Waals surface area contributed by atoms with Crippen LogP contribution in [-0.2, 0) is 0 Å². The van der Waals surface area contributed by atoms with Crippen LogP contribution in [0.5, 0.6) is 0 Å². The van der Waals surface area contributed by atoms with E-state index in [4.69, 9.17) is 15.5 Å². The number of hydrogen-bond acceptors (Lipinski definition) is 3. The number of nitrogens with one attached hydrogen (secondary N) is 1. The van der Waals surface area contributed by atoms with Crippen molar-refractivity contribution in [2.45, 2.75) is 0 Å². The summed E-state index contributed by atoms with van der Waals surface area (Å²) in [5, 5.41) is 20.1. The van der Waals surface area contributed by atoms with E-state index >= 15 is 0 Å². The fraction of sp³-hybridized carbons (Fsp3) is 0. The molecule has 0 unspecified atom stereocenters. The third-order valence-electron chi connectivity index (χ3n) is 0. The third-order valence-corrected chi connectivity index (χ3v) is 0. The van der Waals surface area contributed by atoms with Crippen LogP contribution in [0.15, 0.2) is 0 Å². The van der Waals surface area contributed by atoms with E-state index in [1.807, 2.05) is 0 Å².